The predicted molar refractivity (Wildman–Crippen MR) is 183 cm³/mol. The van der Waals surface area contributed by atoms with Crippen molar-refractivity contribution in [2.75, 3.05) is 26.7 Å². The maximum Gasteiger partial charge on any atom is 0.416 e. The third kappa shape index (κ3) is 9.93. The van der Waals surface area contributed by atoms with E-state index in [1.165, 1.54) is 38.2 Å². The minimum atomic E-state index is -4.54. The molecule has 4 aromatic rings. The van der Waals surface area contributed by atoms with E-state index in [0.29, 0.717) is 19.4 Å². The lowest BCUT2D eigenvalue weighted by Gasteiger charge is -2.18. The molecular weight excluding hydrogens is 669 g/mol. The molecule has 2 aromatic carbocycles. The number of halogens is 3. The number of carbonyl (C=O) groups is 4. The van der Waals surface area contributed by atoms with E-state index >= 15 is 0 Å². The first-order chi connectivity index (χ1) is 24.4. The van der Waals surface area contributed by atoms with Crippen LogP contribution in [0.3, 0.4) is 0 Å². The number of rotatable bonds is 16. The van der Waals surface area contributed by atoms with Crippen molar-refractivity contribution in [1.82, 2.24) is 31.2 Å². The molecule has 0 aliphatic heterocycles. The van der Waals surface area contributed by atoms with Gasteiger partial charge in [-0.25, -0.2) is 0 Å². The number of benzene rings is 2. The van der Waals surface area contributed by atoms with Crippen molar-refractivity contribution in [3.63, 3.8) is 0 Å². The summed E-state index contributed by atoms with van der Waals surface area (Å²) in [6, 6.07) is 16.9. The molecule has 15 heteroatoms. The van der Waals surface area contributed by atoms with Gasteiger partial charge in [0.2, 0.25) is 0 Å². The van der Waals surface area contributed by atoms with Gasteiger partial charge in [0.25, 0.3) is 23.6 Å². The number of hydrogen-bond donors (Lipinski definition) is 6. The number of amides is 4. The zero-order valence-electron chi connectivity index (χ0n) is 28.6. The van der Waals surface area contributed by atoms with Gasteiger partial charge in [0.05, 0.1) is 5.56 Å². The Bertz CT molecular complexity index is 1820. The Kier molecular flexibility index (Phi) is 12.9. The molecular formula is C36H41F3N6O6. The van der Waals surface area contributed by atoms with Gasteiger partial charge in [0.15, 0.2) is 11.5 Å². The quantitative estimate of drug-likeness (QED) is 0.0818. The van der Waals surface area contributed by atoms with E-state index in [4.69, 9.17) is 9.47 Å². The van der Waals surface area contributed by atoms with Gasteiger partial charge < -0.3 is 40.7 Å². The molecule has 272 valence electrons. The fourth-order valence-electron chi connectivity index (χ4n) is 5.13. The Morgan fingerprint density at radius 3 is 1.88 bits per heavy atom. The van der Waals surface area contributed by atoms with Crippen LogP contribution in [-0.4, -0.2) is 60.3 Å². The SMILES string of the molecule is CCNC(=O)c1cc(OC(CC)c2ccccc2)c(C(=O)NCCCNC(=O)c2cc(OC(C)c3cccc(C(F)(F)F)c3)c(C(=O)NC)[nH]2)[nH]1. The smallest absolute Gasteiger partial charge is 0.416 e. The molecule has 0 saturated carbocycles. The van der Waals surface area contributed by atoms with Crippen molar-refractivity contribution in [1.29, 1.82) is 0 Å². The van der Waals surface area contributed by atoms with Crippen LogP contribution in [0.5, 0.6) is 11.5 Å². The number of H-pyrrole nitrogens is 2. The van der Waals surface area contributed by atoms with Crippen LogP contribution in [0.4, 0.5) is 13.2 Å². The van der Waals surface area contributed by atoms with Crippen molar-refractivity contribution in [3.8, 4) is 11.5 Å². The summed E-state index contributed by atoms with van der Waals surface area (Å²) < 4.78 is 51.7. The van der Waals surface area contributed by atoms with Gasteiger partial charge in [-0.3, -0.25) is 19.2 Å². The van der Waals surface area contributed by atoms with Crippen LogP contribution in [0.25, 0.3) is 0 Å². The van der Waals surface area contributed by atoms with Gasteiger partial charge in [0.1, 0.15) is 35.0 Å². The summed E-state index contributed by atoms with van der Waals surface area (Å²) in [5.74, 6) is -1.88. The largest absolute Gasteiger partial charge is 0.484 e. The summed E-state index contributed by atoms with van der Waals surface area (Å²) in [4.78, 5) is 56.8. The van der Waals surface area contributed by atoms with Crippen molar-refractivity contribution >= 4 is 23.6 Å². The van der Waals surface area contributed by atoms with Gasteiger partial charge in [0, 0.05) is 38.8 Å². The third-order valence-corrected chi connectivity index (χ3v) is 7.79. The van der Waals surface area contributed by atoms with E-state index in [1.54, 1.807) is 6.92 Å². The van der Waals surface area contributed by atoms with Crippen molar-refractivity contribution < 1.29 is 41.8 Å². The molecule has 2 heterocycles. The van der Waals surface area contributed by atoms with Gasteiger partial charge in [-0.05, 0) is 49.9 Å². The van der Waals surface area contributed by atoms with Gasteiger partial charge in [-0.2, -0.15) is 13.2 Å². The fourth-order valence-corrected chi connectivity index (χ4v) is 5.13. The monoisotopic (exact) mass is 710 g/mol. The molecule has 2 unspecified atom stereocenters. The number of aromatic nitrogens is 2. The highest BCUT2D eigenvalue weighted by Gasteiger charge is 2.31. The molecule has 51 heavy (non-hydrogen) atoms. The van der Waals surface area contributed by atoms with Crippen LogP contribution in [0.15, 0.2) is 66.7 Å². The Balaban J connectivity index is 1.37. The molecule has 2 atom stereocenters. The summed E-state index contributed by atoms with van der Waals surface area (Å²) in [6.45, 7) is 5.94. The lowest BCUT2D eigenvalue weighted by Crippen LogP contribution is -2.30. The first-order valence-electron chi connectivity index (χ1n) is 16.4. The molecule has 0 spiro atoms. The Morgan fingerprint density at radius 2 is 1.29 bits per heavy atom. The minimum absolute atomic E-state index is 0.0150. The second kappa shape index (κ2) is 17.3. The van der Waals surface area contributed by atoms with Crippen molar-refractivity contribution in [2.45, 2.75) is 52.0 Å². The van der Waals surface area contributed by atoms with Crippen LogP contribution in [-0.2, 0) is 6.18 Å². The predicted octanol–water partition coefficient (Wildman–Crippen LogP) is 5.69. The number of alkyl halides is 3. The summed E-state index contributed by atoms with van der Waals surface area (Å²) in [5, 5.41) is 10.6. The lowest BCUT2D eigenvalue weighted by atomic mass is 10.1. The van der Waals surface area contributed by atoms with Gasteiger partial charge in [-0.1, -0.05) is 49.4 Å². The second-order valence-corrected chi connectivity index (χ2v) is 11.5. The highest BCUT2D eigenvalue weighted by molar-refractivity contribution is 6.00. The zero-order valence-corrected chi connectivity index (χ0v) is 28.6. The summed E-state index contributed by atoms with van der Waals surface area (Å²) in [7, 11) is 1.38. The highest BCUT2D eigenvalue weighted by Crippen LogP contribution is 2.33. The summed E-state index contributed by atoms with van der Waals surface area (Å²) in [5.41, 5.74) is 0.446. The molecule has 4 amide bonds. The first-order valence-corrected chi connectivity index (χ1v) is 16.4. The standard InChI is InChI=1S/C36H41F3N6O6/c1-5-27(22-12-8-7-9-13-22)51-29-20-25(32(46)41-6-2)45-31(29)35(49)43-17-11-16-42-33(47)26-19-28(30(44-26)34(48)40-4)50-21(3)23-14-10-15-24(18-23)36(37,38)39/h7-10,12-15,18-21,27,44-45H,5-6,11,16-17H2,1-4H3,(H,40,48)(H,41,46)(H,42,47)(H,43,49). The van der Waals surface area contributed by atoms with Crippen LogP contribution < -0.4 is 30.7 Å². The summed E-state index contributed by atoms with van der Waals surface area (Å²) >= 11 is 0. The maximum atomic E-state index is 13.2. The average molecular weight is 711 g/mol. The van der Waals surface area contributed by atoms with E-state index in [-0.39, 0.29) is 64.9 Å². The Hall–Kier alpha value is -5.73. The number of ether oxygens (including phenoxy) is 2. The number of aromatic amines is 2. The molecule has 0 fully saturated rings. The highest BCUT2D eigenvalue weighted by atomic mass is 19.4. The van der Waals surface area contributed by atoms with E-state index in [0.717, 1.165) is 17.7 Å². The van der Waals surface area contributed by atoms with Crippen LogP contribution >= 0.6 is 0 Å². The second-order valence-electron chi connectivity index (χ2n) is 11.5. The molecule has 0 aliphatic rings. The maximum absolute atomic E-state index is 13.2. The molecule has 0 radical (unpaired) electrons. The molecule has 0 bridgehead atoms. The molecule has 0 saturated heterocycles. The first kappa shape index (κ1) is 38.1. The molecule has 0 aliphatic carbocycles. The summed E-state index contributed by atoms with van der Waals surface area (Å²) in [6.07, 6.45) is -4.86. The lowest BCUT2D eigenvalue weighted by molar-refractivity contribution is -0.137. The number of nitrogens with one attached hydrogen (secondary N) is 6. The number of hydrogen-bond acceptors (Lipinski definition) is 6. The van der Waals surface area contributed by atoms with E-state index in [2.05, 4.69) is 31.2 Å². The van der Waals surface area contributed by atoms with Crippen LogP contribution in [0.2, 0.25) is 0 Å². The van der Waals surface area contributed by atoms with E-state index < -0.39 is 35.6 Å². The Morgan fingerprint density at radius 1 is 0.725 bits per heavy atom. The molecule has 12 nitrogen and oxygen atoms in total. The van der Waals surface area contributed by atoms with Crippen molar-refractivity contribution in [2.24, 2.45) is 0 Å². The molecule has 2 aromatic heterocycles. The topological polar surface area (TPSA) is 166 Å². The Labute approximate surface area is 292 Å². The average Bonchev–Trinajstić information content (AvgIpc) is 3.75. The van der Waals surface area contributed by atoms with Crippen molar-refractivity contribution in [3.05, 3.63) is 106 Å². The third-order valence-electron chi connectivity index (χ3n) is 7.79. The minimum Gasteiger partial charge on any atom is -0.484 e. The fraction of sp³-hybridized carbons (Fsp3) is 0.333. The van der Waals surface area contributed by atoms with Gasteiger partial charge in [-0.15, -0.1) is 0 Å². The van der Waals surface area contributed by atoms with E-state index in [9.17, 15) is 32.3 Å². The zero-order chi connectivity index (χ0) is 37.1. The number of carbonyl (C=O) groups excluding carboxylic acids is 4. The molecule has 4 rings (SSSR count). The van der Waals surface area contributed by atoms with Crippen LogP contribution in [0.1, 0.15) is 104 Å². The normalized spacial score (nSPS) is 12.4. The van der Waals surface area contributed by atoms with Gasteiger partial charge >= 0.3 is 6.18 Å². The molecule has 6 N–H and O–H groups in total. The van der Waals surface area contributed by atoms with E-state index in [1.807, 2.05) is 37.3 Å². The van der Waals surface area contributed by atoms with Crippen LogP contribution in [0, 0.1) is 0 Å².